The quantitative estimate of drug-likeness (QED) is 0.682. The molecule has 2 aromatic rings. The Morgan fingerprint density at radius 2 is 2.07 bits per heavy atom. The lowest BCUT2D eigenvalue weighted by Crippen LogP contribution is -2.34. The summed E-state index contributed by atoms with van der Waals surface area (Å²) in [5, 5.41) is 0. The van der Waals surface area contributed by atoms with Crippen molar-refractivity contribution in [1.82, 2.24) is 19.1 Å². The van der Waals surface area contributed by atoms with Gasteiger partial charge < -0.3 is 19.9 Å². The van der Waals surface area contributed by atoms with Crippen LogP contribution >= 0.6 is 0 Å². The lowest BCUT2D eigenvalue weighted by molar-refractivity contribution is -0.153. The Morgan fingerprint density at radius 1 is 1.34 bits per heavy atom. The minimum atomic E-state index is -0.933. The molecule has 11 nitrogen and oxygen atoms in total. The molecule has 2 N–H and O–H groups in total. The van der Waals surface area contributed by atoms with Crippen LogP contribution in [0.5, 0.6) is 0 Å². The Morgan fingerprint density at radius 3 is 2.69 bits per heavy atom. The fraction of sp³-hybridized carbons (Fsp3) is 0.611. The summed E-state index contributed by atoms with van der Waals surface area (Å²) in [5.41, 5.74) is 6.17. The molecule has 1 fully saturated rings. The Bertz CT molecular complexity index is 981. The van der Waals surface area contributed by atoms with Crippen LogP contribution in [-0.4, -0.2) is 49.9 Å². The molecular formula is C18H25N5O6. The summed E-state index contributed by atoms with van der Waals surface area (Å²) in [6.07, 6.45) is -0.467. The zero-order chi connectivity index (χ0) is 21.3. The fourth-order valence-electron chi connectivity index (χ4n) is 3.42. The number of esters is 2. The molecule has 1 saturated heterocycles. The van der Waals surface area contributed by atoms with Crippen molar-refractivity contribution in [1.29, 1.82) is 0 Å². The van der Waals surface area contributed by atoms with E-state index in [0.717, 1.165) is 0 Å². The van der Waals surface area contributed by atoms with Gasteiger partial charge in [0, 0.05) is 26.8 Å². The molecular weight excluding hydrogens is 382 g/mol. The molecule has 2 aromatic heterocycles. The summed E-state index contributed by atoms with van der Waals surface area (Å²) in [7, 11) is 0. The summed E-state index contributed by atoms with van der Waals surface area (Å²) in [6.45, 7) is 6.96. The maximum atomic E-state index is 13.2. The number of aromatic nitrogens is 4. The third-order valence-corrected chi connectivity index (χ3v) is 4.46. The van der Waals surface area contributed by atoms with E-state index in [1.165, 1.54) is 24.6 Å². The van der Waals surface area contributed by atoms with Crippen molar-refractivity contribution in [3.05, 3.63) is 16.7 Å². The normalized spacial score (nSPS) is 21.6. The second-order valence-corrected chi connectivity index (χ2v) is 7.43. The predicted octanol–water partition coefficient (Wildman–Crippen LogP) is 0.613. The van der Waals surface area contributed by atoms with Gasteiger partial charge in [-0.1, -0.05) is 13.8 Å². The molecule has 0 saturated carbocycles. The molecule has 11 heteroatoms. The van der Waals surface area contributed by atoms with Gasteiger partial charge in [0.25, 0.3) is 0 Å². The number of nitrogens with two attached hydrogens (primary N) is 1. The molecule has 1 aliphatic rings. The van der Waals surface area contributed by atoms with E-state index in [-0.39, 0.29) is 30.6 Å². The summed E-state index contributed by atoms with van der Waals surface area (Å²) in [6, 6.07) is 0. The van der Waals surface area contributed by atoms with Crippen molar-refractivity contribution in [3.63, 3.8) is 0 Å². The number of rotatable bonds is 6. The summed E-state index contributed by atoms with van der Waals surface area (Å²) in [4.78, 5) is 44.2. The van der Waals surface area contributed by atoms with Gasteiger partial charge in [-0.25, -0.2) is 14.3 Å². The van der Waals surface area contributed by atoms with E-state index in [0.29, 0.717) is 17.7 Å². The SMILES string of the molecule is CC(=O)OC[C@@H]1C[C@@H](OC(C)=O)[C@H](n2c(=O)n(CC(C)C)c3cnc(N)nc32)O1. The Hall–Kier alpha value is -2.95. The molecule has 158 valence electrons. The van der Waals surface area contributed by atoms with Crippen LogP contribution in [0.15, 0.2) is 11.0 Å². The molecule has 0 radical (unpaired) electrons. The topological polar surface area (TPSA) is 141 Å². The van der Waals surface area contributed by atoms with E-state index in [4.69, 9.17) is 19.9 Å². The largest absolute Gasteiger partial charge is 0.463 e. The number of carbonyl (C=O) groups is 2. The van der Waals surface area contributed by atoms with E-state index in [1.54, 1.807) is 4.57 Å². The lowest BCUT2D eigenvalue weighted by Gasteiger charge is -2.19. The van der Waals surface area contributed by atoms with E-state index in [2.05, 4.69) is 9.97 Å². The lowest BCUT2D eigenvalue weighted by atomic mass is 10.2. The first-order chi connectivity index (χ1) is 13.7. The van der Waals surface area contributed by atoms with Gasteiger partial charge in [-0.15, -0.1) is 0 Å². The van der Waals surface area contributed by atoms with E-state index >= 15 is 0 Å². The van der Waals surface area contributed by atoms with Crippen LogP contribution in [0.1, 0.15) is 40.3 Å². The number of nitrogens with zero attached hydrogens (tertiary/aromatic N) is 4. The number of ether oxygens (including phenoxy) is 3. The zero-order valence-corrected chi connectivity index (χ0v) is 16.8. The molecule has 29 heavy (non-hydrogen) atoms. The summed E-state index contributed by atoms with van der Waals surface area (Å²) in [5.74, 6) is -0.765. The standard InChI is InChI=1S/C18H25N5O6/c1-9(2)7-22-13-6-20-17(19)21-15(13)23(18(22)26)16-14(28-11(4)25)5-12(29-16)8-27-10(3)24/h6,9,12,14,16H,5,7-8H2,1-4H3,(H2,19,20,21)/t12-,14+,16+/m0/s1. The average Bonchev–Trinajstić information content (AvgIpc) is 3.11. The van der Waals surface area contributed by atoms with Gasteiger partial charge in [-0.3, -0.25) is 14.2 Å². The average molecular weight is 407 g/mol. The molecule has 0 aliphatic carbocycles. The van der Waals surface area contributed by atoms with Crippen LogP contribution in [0, 0.1) is 5.92 Å². The highest BCUT2D eigenvalue weighted by molar-refractivity contribution is 5.72. The van der Waals surface area contributed by atoms with Crippen LogP contribution in [0.2, 0.25) is 0 Å². The first-order valence-electron chi connectivity index (χ1n) is 9.36. The molecule has 0 bridgehead atoms. The fourth-order valence-corrected chi connectivity index (χ4v) is 3.42. The van der Waals surface area contributed by atoms with Crippen LogP contribution in [0.4, 0.5) is 5.95 Å². The predicted molar refractivity (Wildman–Crippen MR) is 102 cm³/mol. The number of fused-ring (bicyclic) bond motifs is 1. The number of imidazole rings is 1. The van der Waals surface area contributed by atoms with Crippen molar-refractivity contribution < 1.29 is 23.8 Å². The van der Waals surface area contributed by atoms with Gasteiger partial charge in [0.05, 0.1) is 12.3 Å². The third-order valence-electron chi connectivity index (χ3n) is 4.46. The second-order valence-electron chi connectivity index (χ2n) is 7.43. The maximum absolute atomic E-state index is 13.2. The van der Waals surface area contributed by atoms with Crippen molar-refractivity contribution in [2.45, 2.75) is 59.1 Å². The van der Waals surface area contributed by atoms with Crippen molar-refractivity contribution in [2.75, 3.05) is 12.3 Å². The van der Waals surface area contributed by atoms with Gasteiger partial charge in [0.1, 0.15) is 18.2 Å². The number of nitrogen functional groups attached to an aromatic ring is 1. The highest BCUT2D eigenvalue weighted by Gasteiger charge is 2.41. The molecule has 0 aromatic carbocycles. The molecule has 0 amide bonds. The Labute approximate surface area is 166 Å². The highest BCUT2D eigenvalue weighted by atomic mass is 16.6. The Balaban J connectivity index is 2.07. The number of carbonyl (C=O) groups excluding carboxylic acids is 2. The van der Waals surface area contributed by atoms with Crippen LogP contribution in [0.25, 0.3) is 11.2 Å². The van der Waals surface area contributed by atoms with Gasteiger partial charge in [-0.2, -0.15) is 4.98 Å². The molecule has 3 atom stereocenters. The van der Waals surface area contributed by atoms with Crippen molar-refractivity contribution in [2.24, 2.45) is 5.92 Å². The highest BCUT2D eigenvalue weighted by Crippen LogP contribution is 2.33. The van der Waals surface area contributed by atoms with E-state index < -0.39 is 30.4 Å². The molecule has 3 rings (SSSR count). The first-order valence-corrected chi connectivity index (χ1v) is 9.36. The molecule has 3 heterocycles. The minimum Gasteiger partial charge on any atom is -0.463 e. The second kappa shape index (κ2) is 8.19. The van der Waals surface area contributed by atoms with Gasteiger partial charge in [-0.05, 0) is 5.92 Å². The van der Waals surface area contributed by atoms with Crippen LogP contribution < -0.4 is 11.4 Å². The zero-order valence-electron chi connectivity index (χ0n) is 16.8. The van der Waals surface area contributed by atoms with E-state index in [9.17, 15) is 14.4 Å². The summed E-state index contributed by atoms with van der Waals surface area (Å²) >= 11 is 0. The minimum absolute atomic E-state index is 0.00597. The van der Waals surface area contributed by atoms with E-state index in [1.807, 2.05) is 13.8 Å². The van der Waals surface area contributed by atoms with Gasteiger partial charge in [0.2, 0.25) is 5.95 Å². The van der Waals surface area contributed by atoms with Gasteiger partial charge in [0.15, 0.2) is 11.9 Å². The number of hydrogen-bond acceptors (Lipinski definition) is 9. The van der Waals surface area contributed by atoms with Crippen LogP contribution in [-0.2, 0) is 30.3 Å². The molecule has 0 spiro atoms. The third kappa shape index (κ3) is 4.39. The van der Waals surface area contributed by atoms with Gasteiger partial charge >= 0.3 is 17.6 Å². The number of anilines is 1. The van der Waals surface area contributed by atoms with Crippen molar-refractivity contribution >= 4 is 29.1 Å². The summed E-state index contributed by atoms with van der Waals surface area (Å²) < 4.78 is 19.2. The monoisotopic (exact) mass is 407 g/mol. The smallest absolute Gasteiger partial charge is 0.332 e. The molecule has 0 unspecified atom stereocenters. The first kappa shape index (κ1) is 20.8. The number of hydrogen-bond donors (Lipinski definition) is 1. The van der Waals surface area contributed by atoms with Crippen LogP contribution in [0.3, 0.4) is 0 Å². The van der Waals surface area contributed by atoms with Crippen molar-refractivity contribution in [3.8, 4) is 0 Å². The maximum Gasteiger partial charge on any atom is 0.332 e. The Kier molecular flexibility index (Phi) is 5.87. The molecule has 1 aliphatic heterocycles.